The van der Waals surface area contributed by atoms with Crippen LogP contribution in [0, 0.1) is 36.3 Å². The van der Waals surface area contributed by atoms with Crippen LogP contribution in [0.5, 0.6) is 0 Å². The van der Waals surface area contributed by atoms with Crippen LogP contribution in [-0.2, 0) is 5.54 Å². The average Bonchev–Trinajstić information content (AvgIpc) is 3.50. The SMILES string of the molecule is Cc1c[nH]c(=O)[nH]c1=O.O=C1Nc2ccc(F)c(F)c2[C@@](C#CC2CC2)(C(F)(F)F)N1. The van der Waals surface area contributed by atoms with Crippen LogP contribution < -0.4 is 21.9 Å². The summed E-state index contributed by atoms with van der Waals surface area (Å²) in [5, 5.41) is 3.66. The first-order valence-electron chi connectivity index (χ1n) is 8.90. The molecule has 1 fully saturated rings. The van der Waals surface area contributed by atoms with Gasteiger partial charge in [0.1, 0.15) is 0 Å². The molecule has 0 bridgehead atoms. The molecule has 2 amide bonds. The van der Waals surface area contributed by atoms with E-state index in [1.807, 2.05) is 11.2 Å². The van der Waals surface area contributed by atoms with Gasteiger partial charge in [-0.25, -0.2) is 18.4 Å². The second-order valence-electron chi connectivity index (χ2n) is 6.91. The Hall–Kier alpha value is -3.62. The van der Waals surface area contributed by atoms with Crippen molar-refractivity contribution in [1.29, 1.82) is 0 Å². The van der Waals surface area contributed by atoms with E-state index in [1.165, 1.54) is 6.20 Å². The standard InChI is InChI=1S/C14H9F5N2O.C5H6N2O2/c15-8-3-4-9-10(11(8)16)13(14(17,18)19,21-12(22)20-9)6-5-7-1-2-7;1-3-2-6-5(9)7-4(3)8/h3-4,7H,1-2H2,(H2,20,21,22);2H,1H3,(H2,6,7,8,9)/t13-;/m0./s1. The van der Waals surface area contributed by atoms with Crippen LogP contribution in [0.15, 0.2) is 27.9 Å². The molecule has 0 unspecified atom stereocenters. The van der Waals surface area contributed by atoms with Gasteiger partial charge in [-0.1, -0.05) is 11.8 Å². The first-order valence-corrected chi connectivity index (χ1v) is 8.90. The quantitative estimate of drug-likeness (QED) is 0.372. The van der Waals surface area contributed by atoms with Crippen molar-refractivity contribution in [3.8, 4) is 11.8 Å². The van der Waals surface area contributed by atoms with E-state index in [0.717, 1.165) is 6.07 Å². The van der Waals surface area contributed by atoms with E-state index in [9.17, 15) is 36.3 Å². The number of rotatable bonds is 0. The summed E-state index contributed by atoms with van der Waals surface area (Å²) in [6.45, 7) is 1.62. The van der Waals surface area contributed by atoms with Gasteiger partial charge in [-0.3, -0.25) is 9.78 Å². The number of fused-ring (bicyclic) bond motifs is 1. The Kier molecular flexibility index (Phi) is 5.62. The number of aromatic amines is 2. The fourth-order valence-corrected chi connectivity index (χ4v) is 2.70. The molecule has 0 saturated heterocycles. The second-order valence-corrected chi connectivity index (χ2v) is 6.91. The van der Waals surface area contributed by atoms with E-state index < -0.39 is 46.3 Å². The Morgan fingerprint density at radius 2 is 1.81 bits per heavy atom. The molecule has 1 aliphatic carbocycles. The molecule has 4 N–H and O–H groups in total. The van der Waals surface area contributed by atoms with Gasteiger partial charge in [0, 0.05) is 17.7 Å². The maximum atomic E-state index is 14.0. The van der Waals surface area contributed by atoms with Crippen LogP contribution >= 0.6 is 0 Å². The van der Waals surface area contributed by atoms with Gasteiger partial charge in [0.2, 0.25) is 5.54 Å². The summed E-state index contributed by atoms with van der Waals surface area (Å²) in [6, 6.07) is 0.349. The van der Waals surface area contributed by atoms with Crippen molar-refractivity contribution in [3.63, 3.8) is 0 Å². The molecular formula is C19H15F5N4O3. The van der Waals surface area contributed by atoms with E-state index in [0.29, 0.717) is 24.5 Å². The number of nitrogens with one attached hydrogen (secondary N) is 4. The third kappa shape index (κ3) is 4.45. The molecule has 1 saturated carbocycles. The van der Waals surface area contributed by atoms with Crippen molar-refractivity contribution in [2.24, 2.45) is 5.92 Å². The zero-order chi connectivity index (χ0) is 23.0. The lowest BCUT2D eigenvalue weighted by Gasteiger charge is -2.37. The number of carbonyl (C=O) groups excluding carboxylic acids is 1. The van der Waals surface area contributed by atoms with E-state index in [4.69, 9.17) is 0 Å². The minimum atomic E-state index is -5.12. The highest BCUT2D eigenvalue weighted by molar-refractivity contribution is 5.94. The smallest absolute Gasteiger partial charge is 0.314 e. The molecule has 1 aromatic carbocycles. The predicted octanol–water partition coefficient (Wildman–Crippen LogP) is 2.64. The lowest BCUT2D eigenvalue weighted by Crippen LogP contribution is -2.59. The minimum absolute atomic E-state index is 0.217. The van der Waals surface area contributed by atoms with Gasteiger partial charge < -0.3 is 15.6 Å². The summed E-state index contributed by atoms with van der Waals surface area (Å²) in [7, 11) is 0. The Labute approximate surface area is 171 Å². The summed E-state index contributed by atoms with van der Waals surface area (Å²) in [6.07, 6.45) is -2.45. The molecule has 2 aromatic rings. The fourth-order valence-electron chi connectivity index (χ4n) is 2.70. The molecule has 2 aliphatic rings. The summed E-state index contributed by atoms with van der Waals surface area (Å²) < 4.78 is 68.2. The van der Waals surface area contributed by atoms with Gasteiger partial charge in [-0.15, -0.1) is 0 Å². The third-order valence-corrected chi connectivity index (χ3v) is 4.49. The fraction of sp³-hybridized carbons (Fsp3) is 0.316. The number of halogens is 5. The Balaban J connectivity index is 0.000000254. The van der Waals surface area contributed by atoms with E-state index in [1.54, 1.807) is 12.2 Å². The lowest BCUT2D eigenvalue weighted by molar-refractivity contribution is -0.179. The molecule has 1 aliphatic heterocycles. The van der Waals surface area contributed by atoms with E-state index in [2.05, 4.69) is 15.9 Å². The third-order valence-electron chi connectivity index (χ3n) is 4.49. The Bertz CT molecular complexity index is 1200. The summed E-state index contributed by atoms with van der Waals surface area (Å²) in [5.74, 6) is 0.968. The number of benzene rings is 1. The highest BCUT2D eigenvalue weighted by Gasteiger charge is 2.61. The molecule has 1 atom stereocenters. The van der Waals surface area contributed by atoms with Gasteiger partial charge in [-0.05, 0) is 31.9 Å². The molecule has 2 heterocycles. The molecular weight excluding hydrogens is 427 g/mol. The number of aryl methyl sites for hydroxylation is 1. The number of H-pyrrole nitrogens is 2. The van der Waals surface area contributed by atoms with Crippen molar-refractivity contribution >= 4 is 11.7 Å². The van der Waals surface area contributed by atoms with Crippen LogP contribution in [0.25, 0.3) is 0 Å². The Morgan fingerprint density at radius 3 is 2.35 bits per heavy atom. The largest absolute Gasteiger partial charge is 0.427 e. The molecule has 1 aromatic heterocycles. The van der Waals surface area contributed by atoms with E-state index >= 15 is 0 Å². The number of carbonyl (C=O) groups is 1. The molecule has 31 heavy (non-hydrogen) atoms. The predicted molar refractivity (Wildman–Crippen MR) is 99.2 cm³/mol. The maximum absolute atomic E-state index is 14.0. The first-order chi connectivity index (χ1) is 14.4. The van der Waals surface area contributed by atoms with Crippen molar-refractivity contribution in [3.05, 3.63) is 61.9 Å². The molecule has 12 heteroatoms. The number of alkyl halides is 3. The maximum Gasteiger partial charge on any atom is 0.427 e. The van der Waals surface area contributed by atoms with Crippen LogP contribution in [0.3, 0.4) is 0 Å². The highest BCUT2D eigenvalue weighted by atomic mass is 19.4. The first kappa shape index (κ1) is 22.1. The molecule has 0 spiro atoms. The van der Waals surface area contributed by atoms with Gasteiger partial charge in [-0.2, -0.15) is 13.2 Å². The second kappa shape index (κ2) is 7.90. The molecule has 4 rings (SSSR count). The minimum Gasteiger partial charge on any atom is -0.314 e. The number of amides is 2. The number of aromatic nitrogens is 2. The van der Waals surface area contributed by atoms with Crippen molar-refractivity contribution in [2.45, 2.75) is 31.5 Å². The van der Waals surface area contributed by atoms with E-state index in [-0.39, 0.29) is 11.5 Å². The van der Waals surface area contributed by atoms with Crippen molar-refractivity contribution in [1.82, 2.24) is 15.3 Å². The number of hydrogen-bond donors (Lipinski definition) is 4. The van der Waals surface area contributed by atoms with Gasteiger partial charge in [0.05, 0.1) is 11.3 Å². The van der Waals surface area contributed by atoms with Gasteiger partial charge in [0.25, 0.3) is 5.56 Å². The zero-order valence-corrected chi connectivity index (χ0v) is 15.8. The normalized spacial score (nSPS) is 19.6. The molecule has 7 nitrogen and oxygen atoms in total. The van der Waals surface area contributed by atoms with Crippen LogP contribution in [0.1, 0.15) is 24.0 Å². The zero-order valence-electron chi connectivity index (χ0n) is 15.8. The summed E-state index contributed by atoms with van der Waals surface area (Å²) in [5.41, 5.74) is -5.06. The topological polar surface area (TPSA) is 107 Å². The highest BCUT2D eigenvalue weighted by Crippen LogP contribution is 2.45. The van der Waals surface area contributed by atoms with Gasteiger partial charge >= 0.3 is 17.9 Å². The molecule has 164 valence electrons. The number of hydrogen-bond acceptors (Lipinski definition) is 3. The van der Waals surface area contributed by atoms with Gasteiger partial charge in [0.15, 0.2) is 11.6 Å². The van der Waals surface area contributed by atoms with Crippen LogP contribution in [0.4, 0.5) is 32.4 Å². The monoisotopic (exact) mass is 442 g/mol. The summed E-state index contributed by atoms with van der Waals surface area (Å²) >= 11 is 0. The molecule has 0 radical (unpaired) electrons. The Morgan fingerprint density at radius 1 is 1.13 bits per heavy atom. The van der Waals surface area contributed by atoms with Crippen LogP contribution in [0.2, 0.25) is 0 Å². The van der Waals surface area contributed by atoms with Crippen LogP contribution in [-0.4, -0.2) is 22.2 Å². The lowest BCUT2D eigenvalue weighted by atomic mass is 9.85. The summed E-state index contributed by atoms with van der Waals surface area (Å²) in [4.78, 5) is 36.8. The van der Waals surface area contributed by atoms with Crippen molar-refractivity contribution < 1.29 is 26.7 Å². The number of anilines is 1. The average molecular weight is 442 g/mol. The number of urea groups is 1. The van der Waals surface area contributed by atoms with Crippen molar-refractivity contribution in [2.75, 3.05) is 5.32 Å².